The number of nitro benzene ring substituents is 1. The Morgan fingerprint density at radius 1 is 1.18 bits per heavy atom. The fraction of sp³-hybridized carbons (Fsp3) is 0.286. The van der Waals surface area contributed by atoms with Crippen LogP contribution in [0.4, 0.5) is 30.2 Å². The highest BCUT2D eigenvalue weighted by Gasteiger charge is 2.32. The molecule has 3 aromatic rings. The molecule has 0 saturated carbocycles. The summed E-state index contributed by atoms with van der Waals surface area (Å²) in [5.41, 5.74) is 0.0775. The van der Waals surface area contributed by atoms with Crippen LogP contribution in [0.15, 0.2) is 52.1 Å². The summed E-state index contributed by atoms with van der Waals surface area (Å²) in [6, 6.07) is 8.93. The monoisotopic (exact) mass is 493 g/mol. The van der Waals surface area contributed by atoms with Gasteiger partial charge in [0, 0.05) is 30.8 Å². The third-order valence-corrected chi connectivity index (χ3v) is 5.90. The zero-order chi connectivity index (χ0) is 24.3. The van der Waals surface area contributed by atoms with Crippen molar-refractivity contribution in [3.05, 3.63) is 58.1 Å². The van der Waals surface area contributed by atoms with Gasteiger partial charge in [0.2, 0.25) is 11.8 Å². The van der Waals surface area contributed by atoms with Gasteiger partial charge in [-0.1, -0.05) is 17.8 Å². The van der Waals surface area contributed by atoms with E-state index in [9.17, 15) is 28.1 Å². The molecule has 1 saturated heterocycles. The van der Waals surface area contributed by atoms with Crippen LogP contribution in [-0.4, -0.2) is 39.9 Å². The molecule has 4 rings (SSSR count). The van der Waals surface area contributed by atoms with E-state index in [1.807, 2.05) is 4.90 Å². The first-order valence-corrected chi connectivity index (χ1v) is 11.2. The zero-order valence-electron chi connectivity index (χ0n) is 17.5. The first-order valence-electron chi connectivity index (χ1n) is 10.2. The number of amides is 1. The third kappa shape index (κ3) is 5.47. The van der Waals surface area contributed by atoms with Crippen LogP contribution in [0, 0.1) is 10.1 Å². The van der Waals surface area contributed by atoms with E-state index in [0.717, 1.165) is 36.7 Å². The minimum absolute atomic E-state index is 0.0608. The Kier molecular flexibility index (Phi) is 6.72. The fourth-order valence-corrected chi connectivity index (χ4v) is 4.05. The number of nitrogens with one attached hydrogen (secondary N) is 1. The van der Waals surface area contributed by atoms with Crippen LogP contribution < -0.4 is 10.2 Å². The molecular weight excluding hydrogens is 475 g/mol. The van der Waals surface area contributed by atoms with Crippen molar-refractivity contribution in [1.29, 1.82) is 0 Å². The van der Waals surface area contributed by atoms with Crippen LogP contribution in [0.1, 0.15) is 18.4 Å². The van der Waals surface area contributed by atoms with Crippen molar-refractivity contribution in [1.82, 2.24) is 10.2 Å². The normalized spacial score (nSPS) is 13.8. The molecule has 0 unspecified atom stereocenters. The van der Waals surface area contributed by atoms with Crippen molar-refractivity contribution in [2.75, 3.05) is 29.1 Å². The van der Waals surface area contributed by atoms with Gasteiger partial charge in [0.25, 0.3) is 10.9 Å². The standard InChI is InChI=1S/C21H18F3N5O4S/c22-21(23,24)14-6-7-16(17(11-14)28-8-1-2-9-28)25-18(30)12-34-20-27-26-19(33-20)13-4-3-5-15(10-13)29(31)32/h3-7,10-11H,1-2,8-9,12H2,(H,25,30). The second kappa shape index (κ2) is 9.71. The highest BCUT2D eigenvalue weighted by Crippen LogP contribution is 2.37. The number of aromatic nitrogens is 2. The molecule has 178 valence electrons. The van der Waals surface area contributed by atoms with Crippen molar-refractivity contribution < 1.29 is 27.3 Å². The molecular formula is C21H18F3N5O4S. The number of thioether (sulfide) groups is 1. The summed E-state index contributed by atoms with van der Waals surface area (Å²) in [4.78, 5) is 24.7. The first kappa shape index (κ1) is 23.5. The smallest absolute Gasteiger partial charge is 0.411 e. The van der Waals surface area contributed by atoms with Crippen molar-refractivity contribution in [3.63, 3.8) is 0 Å². The van der Waals surface area contributed by atoms with Gasteiger partial charge in [0.15, 0.2) is 0 Å². The zero-order valence-corrected chi connectivity index (χ0v) is 18.4. The van der Waals surface area contributed by atoms with Crippen molar-refractivity contribution in [2.45, 2.75) is 24.2 Å². The molecule has 1 aromatic heterocycles. The lowest BCUT2D eigenvalue weighted by Gasteiger charge is -2.23. The number of non-ortho nitro benzene ring substituents is 1. The van der Waals surface area contributed by atoms with Crippen molar-refractivity contribution >= 4 is 34.7 Å². The number of hydrogen-bond acceptors (Lipinski definition) is 8. The summed E-state index contributed by atoms with van der Waals surface area (Å²) in [6.07, 6.45) is -2.76. The van der Waals surface area contributed by atoms with E-state index in [2.05, 4.69) is 15.5 Å². The van der Waals surface area contributed by atoms with E-state index in [1.54, 1.807) is 6.07 Å². The van der Waals surface area contributed by atoms with Crippen molar-refractivity contribution in [3.8, 4) is 11.5 Å². The van der Waals surface area contributed by atoms with Crippen LogP contribution in [-0.2, 0) is 11.0 Å². The lowest BCUT2D eigenvalue weighted by atomic mass is 10.1. The molecule has 0 radical (unpaired) electrons. The Morgan fingerprint density at radius 2 is 1.94 bits per heavy atom. The van der Waals surface area contributed by atoms with E-state index in [0.29, 0.717) is 30.0 Å². The fourth-order valence-electron chi connectivity index (χ4n) is 3.48. The molecule has 1 amide bonds. The molecule has 2 aromatic carbocycles. The number of carbonyl (C=O) groups excluding carboxylic acids is 1. The molecule has 0 atom stereocenters. The van der Waals surface area contributed by atoms with Gasteiger partial charge >= 0.3 is 6.18 Å². The topological polar surface area (TPSA) is 114 Å². The SMILES string of the molecule is O=C(CSc1nnc(-c2cccc([N+](=O)[O-])c2)o1)Nc1ccc(C(F)(F)F)cc1N1CCCC1. The number of benzene rings is 2. The molecule has 1 aliphatic rings. The Labute approximate surface area is 195 Å². The summed E-state index contributed by atoms with van der Waals surface area (Å²) in [5.74, 6) is -0.525. The Morgan fingerprint density at radius 3 is 2.65 bits per heavy atom. The lowest BCUT2D eigenvalue weighted by molar-refractivity contribution is -0.384. The predicted molar refractivity (Wildman–Crippen MR) is 119 cm³/mol. The first-order chi connectivity index (χ1) is 16.2. The molecule has 2 heterocycles. The molecule has 0 aliphatic carbocycles. The molecule has 1 aliphatic heterocycles. The summed E-state index contributed by atoms with van der Waals surface area (Å²) in [7, 11) is 0. The highest BCUT2D eigenvalue weighted by atomic mass is 32.2. The molecule has 9 nitrogen and oxygen atoms in total. The third-order valence-electron chi connectivity index (χ3n) is 5.08. The largest absolute Gasteiger partial charge is 0.416 e. The molecule has 0 spiro atoms. The van der Waals surface area contributed by atoms with Gasteiger partial charge in [-0.25, -0.2) is 0 Å². The second-order valence-corrected chi connectivity index (χ2v) is 8.37. The number of carbonyl (C=O) groups is 1. The number of anilines is 2. The van der Waals surface area contributed by atoms with Gasteiger partial charge in [-0.3, -0.25) is 14.9 Å². The molecule has 0 bridgehead atoms. The molecule has 34 heavy (non-hydrogen) atoms. The van der Waals surface area contributed by atoms with Gasteiger partial charge in [0.1, 0.15) is 0 Å². The van der Waals surface area contributed by atoms with Crippen LogP contribution in [0.3, 0.4) is 0 Å². The quantitative estimate of drug-likeness (QED) is 0.278. The summed E-state index contributed by atoms with van der Waals surface area (Å²) >= 11 is 0.939. The van der Waals surface area contributed by atoms with Gasteiger partial charge in [-0.15, -0.1) is 10.2 Å². The Bertz CT molecular complexity index is 1210. The molecule has 1 N–H and O–H groups in total. The minimum atomic E-state index is -4.48. The number of halogens is 3. The maximum absolute atomic E-state index is 13.2. The van der Waals surface area contributed by atoms with Gasteiger partial charge in [-0.05, 0) is 37.1 Å². The predicted octanol–water partition coefficient (Wildman–Crippen LogP) is 4.99. The second-order valence-electron chi connectivity index (χ2n) is 7.44. The van der Waals surface area contributed by atoms with E-state index in [-0.39, 0.29) is 22.6 Å². The van der Waals surface area contributed by atoms with Gasteiger partial charge in [-0.2, -0.15) is 13.2 Å². The number of nitro groups is 1. The Balaban J connectivity index is 1.43. The van der Waals surface area contributed by atoms with Crippen LogP contribution >= 0.6 is 11.8 Å². The average Bonchev–Trinajstić information content (AvgIpc) is 3.50. The van der Waals surface area contributed by atoms with Crippen LogP contribution in [0.2, 0.25) is 0 Å². The van der Waals surface area contributed by atoms with Crippen molar-refractivity contribution in [2.24, 2.45) is 0 Å². The maximum atomic E-state index is 13.2. The maximum Gasteiger partial charge on any atom is 0.416 e. The van der Waals surface area contributed by atoms with Gasteiger partial charge < -0.3 is 14.6 Å². The molecule has 13 heteroatoms. The number of nitrogens with zero attached hydrogens (tertiary/aromatic N) is 4. The van der Waals surface area contributed by atoms with E-state index < -0.39 is 22.6 Å². The number of alkyl halides is 3. The number of hydrogen-bond donors (Lipinski definition) is 1. The summed E-state index contributed by atoms with van der Waals surface area (Å²) in [6.45, 7) is 1.22. The van der Waals surface area contributed by atoms with E-state index in [4.69, 9.17) is 4.42 Å². The van der Waals surface area contributed by atoms with Crippen LogP contribution in [0.25, 0.3) is 11.5 Å². The summed E-state index contributed by atoms with van der Waals surface area (Å²) in [5, 5.41) is 21.3. The van der Waals surface area contributed by atoms with Gasteiger partial charge in [0.05, 0.1) is 27.6 Å². The van der Waals surface area contributed by atoms with E-state index >= 15 is 0 Å². The lowest BCUT2D eigenvalue weighted by Crippen LogP contribution is -2.22. The minimum Gasteiger partial charge on any atom is -0.411 e. The highest BCUT2D eigenvalue weighted by molar-refractivity contribution is 7.99. The molecule has 1 fully saturated rings. The average molecular weight is 493 g/mol. The summed E-state index contributed by atoms with van der Waals surface area (Å²) < 4.78 is 45.0. The van der Waals surface area contributed by atoms with Crippen LogP contribution in [0.5, 0.6) is 0 Å². The Hall–Kier alpha value is -3.61. The van der Waals surface area contributed by atoms with E-state index in [1.165, 1.54) is 24.3 Å². The number of rotatable bonds is 7.